The van der Waals surface area contributed by atoms with Crippen LogP contribution in [0.1, 0.15) is 26.4 Å². The van der Waals surface area contributed by atoms with E-state index < -0.39 is 5.97 Å². The van der Waals surface area contributed by atoms with Gasteiger partial charge in [-0.1, -0.05) is 53.8 Å². The van der Waals surface area contributed by atoms with Crippen molar-refractivity contribution in [3.8, 4) is 0 Å². The fourth-order valence-electron chi connectivity index (χ4n) is 4.35. The van der Waals surface area contributed by atoms with Gasteiger partial charge in [0.25, 0.3) is 5.91 Å². The van der Waals surface area contributed by atoms with E-state index in [1.807, 2.05) is 54.6 Å². The van der Waals surface area contributed by atoms with Gasteiger partial charge >= 0.3 is 5.97 Å². The predicted molar refractivity (Wildman–Crippen MR) is 148 cm³/mol. The first-order chi connectivity index (χ1) is 17.9. The van der Waals surface area contributed by atoms with Gasteiger partial charge < -0.3 is 25.5 Å². The van der Waals surface area contributed by atoms with Crippen molar-refractivity contribution in [2.24, 2.45) is 0 Å². The number of nitrogens with one attached hydrogen (secondary N) is 2. The number of amides is 1. The molecule has 1 aliphatic rings. The van der Waals surface area contributed by atoms with Crippen molar-refractivity contribution in [1.82, 2.24) is 14.8 Å². The molecule has 8 nitrogen and oxygen atoms in total. The molecule has 1 aromatic heterocycles. The van der Waals surface area contributed by atoms with Crippen LogP contribution in [0.2, 0.25) is 0 Å². The first-order valence-corrected chi connectivity index (χ1v) is 13.1. The molecule has 1 amide bonds. The number of aromatic carboxylic acids is 1. The number of rotatable bonds is 8. The Kier molecular flexibility index (Phi) is 7.45. The van der Waals surface area contributed by atoms with Crippen molar-refractivity contribution in [3.63, 3.8) is 0 Å². The number of anilines is 3. The number of carboxylic acid groups (broad SMARTS) is 1. The Bertz CT molecular complexity index is 1410. The highest BCUT2D eigenvalue weighted by molar-refractivity contribution is 7.20. The van der Waals surface area contributed by atoms with E-state index in [0.29, 0.717) is 10.7 Å². The zero-order valence-corrected chi connectivity index (χ0v) is 21.4. The van der Waals surface area contributed by atoms with Crippen molar-refractivity contribution in [2.75, 3.05) is 50.4 Å². The maximum Gasteiger partial charge on any atom is 0.357 e. The minimum Gasteiger partial charge on any atom is -0.476 e. The smallest absolute Gasteiger partial charge is 0.357 e. The molecule has 9 heteroatoms. The first-order valence-electron chi connectivity index (χ1n) is 12.3. The molecule has 3 N–H and O–H groups in total. The zero-order chi connectivity index (χ0) is 25.8. The zero-order valence-electron chi connectivity index (χ0n) is 20.6. The van der Waals surface area contributed by atoms with Crippen LogP contribution in [0.15, 0.2) is 66.7 Å². The minimum atomic E-state index is -1.20. The first kappa shape index (κ1) is 24.9. The number of carbonyl (C=O) groups is 2. The van der Waals surface area contributed by atoms with Crippen LogP contribution in [0.5, 0.6) is 0 Å². The molecule has 0 radical (unpaired) electrons. The Labute approximate surface area is 219 Å². The summed E-state index contributed by atoms with van der Waals surface area (Å²) in [5, 5.41) is 18.3. The molecule has 4 aromatic rings. The molecule has 0 unspecified atom stereocenters. The minimum absolute atomic E-state index is 0.189. The van der Waals surface area contributed by atoms with Crippen LogP contribution >= 0.6 is 11.3 Å². The summed E-state index contributed by atoms with van der Waals surface area (Å²) in [5.41, 5.74) is 2.23. The molecule has 0 spiro atoms. The van der Waals surface area contributed by atoms with Crippen LogP contribution in [-0.2, 0) is 6.42 Å². The lowest BCUT2D eigenvalue weighted by Gasteiger charge is -2.32. The maximum atomic E-state index is 12.9. The third-order valence-electron chi connectivity index (χ3n) is 6.59. The topological polar surface area (TPSA) is 97.8 Å². The van der Waals surface area contributed by atoms with Gasteiger partial charge in [-0.15, -0.1) is 0 Å². The summed E-state index contributed by atoms with van der Waals surface area (Å²) in [6, 6.07) is 21.3. The molecular formula is C28H29N5O3S. The lowest BCUT2D eigenvalue weighted by Crippen LogP contribution is -2.45. The van der Waals surface area contributed by atoms with Crippen molar-refractivity contribution >= 4 is 49.8 Å². The maximum absolute atomic E-state index is 12.9. The van der Waals surface area contributed by atoms with Gasteiger partial charge in [0.1, 0.15) is 5.00 Å². The van der Waals surface area contributed by atoms with E-state index in [-0.39, 0.29) is 16.6 Å². The molecule has 190 valence electrons. The number of hydrogen-bond donors (Lipinski definition) is 3. The predicted octanol–water partition coefficient (Wildman–Crippen LogP) is 4.78. The molecule has 5 rings (SSSR count). The summed E-state index contributed by atoms with van der Waals surface area (Å²) in [4.78, 5) is 33.7. The van der Waals surface area contributed by atoms with Crippen LogP contribution in [0.3, 0.4) is 0 Å². The van der Waals surface area contributed by atoms with Gasteiger partial charge in [0.2, 0.25) is 0 Å². The van der Waals surface area contributed by atoms with Crippen molar-refractivity contribution in [3.05, 3.63) is 83.6 Å². The lowest BCUT2D eigenvalue weighted by molar-refractivity contribution is 0.0692. The molecule has 1 fully saturated rings. The lowest BCUT2D eigenvalue weighted by atomic mass is 10.1. The fraction of sp³-hybridized carbons (Fsp3) is 0.250. The van der Waals surface area contributed by atoms with Gasteiger partial charge in [0, 0.05) is 44.0 Å². The number of thiazole rings is 1. The third kappa shape index (κ3) is 6.14. The van der Waals surface area contributed by atoms with Crippen LogP contribution in [0.25, 0.3) is 10.8 Å². The van der Waals surface area contributed by atoms with Crippen LogP contribution in [0.4, 0.5) is 15.8 Å². The summed E-state index contributed by atoms with van der Waals surface area (Å²) >= 11 is 1.09. The number of likely N-dealkylation sites (N-methyl/N-ethyl adjacent to an activating group) is 1. The van der Waals surface area contributed by atoms with E-state index in [1.54, 1.807) is 12.1 Å². The number of nitrogens with zero attached hydrogens (tertiary/aromatic N) is 3. The van der Waals surface area contributed by atoms with Gasteiger partial charge in [-0.05, 0) is 54.1 Å². The Balaban J connectivity index is 1.23. The summed E-state index contributed by atoms with van der Waals surface area (Å²) in [6.45, 7) is 5.34. The van der Waals surface area contributed by atoms with Crippen molar-refractivity contribution < 1.29 is 14.7 Å². The Morgan fingerprint density at radius 2 is 1.70 bits per heavy atom. The van der Waals surface area contributed by atoms with Gasteiger partial charge in [-0.3, -0.25) is 4.79 Å². The highest BCUT2D eigenvalue weighted by atomic mass is 32.1. The average molecular weight is 516 g/mol. The summed E-state index contributed by atoms with van der Waals surface area (Å²) < 4.78 is 0. The molecule has 3 aromatic carbocycles. The van der Waals surface area contributed by atoms with Gasteiger partial charge in [0.15, 0.2) is 10.8 Å². The monoisotopic (exact) mass is 515 g/mol. The molecular weight excluding hydrogens is 486 g/mol. The Morgan fingerprint density at radius 1 is 0.973 bits per heavy atom. The number of carbonyl (C=O) groups excluding carboxylic acids is 1. The number of piperazine rings is 1. The largest absolute Gasteiger partial charge is 0.476 e. The van der Waals surface area contributed by atoms with Gasteiger partial charge in [0.05, 0.1) is 0 Å². The highest BCUT2D eigenvalue weighted by Crippen LogP contribution is 2.32. The number of aromatic nitrogens is 1. The van der Waals surface area contributed by atoms with E-state index in [9.17, 15) is 14.7 Å². The summed E-state index contributed by atoms with van der Waals surface area (Å²) in [7, 11) is 2.15. The molecule has 1 saturated heterocycles. The number of carboxylic acids is 1. The SMILES string of the molecule is CN1CCN(CCc2ccc(C(=O)Nc3sc(Nc4ccc5ccccc5c4)nc3C(=O)O)cc2)CC1. The molecule has 0 saturated carbocycles. The summed E-state index contributed by atoms with van der Waals surface area (Å²) in [5.74, 6) is -1.56. The average Bonchev–Trinajstić information content (AvgIpc) is 3.30. The third-order valence-corrected chi connectivity index (χ3v) is 7.47. The van der Waals surface area contributed by atoms with E-state index >= 15 is 0 Å². The van der Waals surface area contributed by atoms with Gasteiger partial charge in [-0.25, -0.2) is 9.78 Å². The molecule has 0 atom stereocenters. The van der Waals surface area contributed by atoms with E-state index in [2.05, 4.69) is 32.5 Å². The van der Waals surface area contributed by atoms with E-state index in [4.69, 9.17) is 0 Å². The number of benzene rings is 3. The molecule has 1 aliphatic heterocycles. The van der Waals surface area contributed by atoms with Crippen molar-refractivity contribution in [1.29, 1.82) is 0 Å². The Hall–Kier alpha value is -3.79. The molecule has 37 heavy (non-hydrogen) atoms. The normalized spacial score (nSPS) is 14.5. The Morgan fingerprint density at radius 3 is 2.43 bits per heavy atom. The molecule has 0 aliphatic carbocycles. The number of fused-ring (bicyclic) bond motifs is 1. The second-order valence-corrected chi connectivity index (χ2v) is 10.2. The van der Waals surface area contributed by atoms with E-state index in [0.717, 1.165) is 66.9 Å². The van der Waals surface area contributed by atoms with Crippen molar-refractivity contribution in [2.45, 2.75) is 6.42 Å². The molecule has 2 heterocycles. The molecule has 0 bridgehead atoms. The highest BCUT2D eigenvalue weighted by Gasteiger charge is 2.20. The fourth-order valence-corrected chi connectivity index (χ4v) is 5.22. The second-order valence-electron chi connectivity index (χ2n) is 9.23. The van der Waals surface area contributed by atoms with Crippen LogP contribution in [0, 0.1) is 0 Å². The number of hydrogen-bond acceptors (Lipinski definition) is 7. The second kappa shape index (κ2) is 11.1. The van der Waals surface area contributed by atoms with Gasteiger partial charge in [-0.2, -0.15) is 0 Å². The van der Waals surface area contributed by atoms with E-state index in [1.165, 1.54) is 5.56 Å². The quantitative estimate of drug-likeness (QED) is 0.311. The van der Waals surface area contributed by atoms with Crippen LogP contribution < -0.4 is 10.6 Å². The van der Waals surface area contributed by atoms with Crippen LogP contribution in [-0.4, -0.2) is 71.5 Å². The standard InChI is InChI=1S/C28H29N5O3S/c1-32-14-16-33(17-15-32)13-12-19-6-8-21(9-7-19)25(34)31-26-24(27(35)36)30-28(37-26)29-23-11-10-20-4-2-3-5-22(20)18-23/h2-11,18H,12-17H2,1H3,(H,29,30)(H,31,34)(H,35,36). The summed E-state index contributed by atoms with van der Waals surface area (Å²) in [6.07, 6.45) is 0.924.